The van der Waals surface area contributed by atoms with Crippen molar-refractivity contribution in [2.24, 2.45) is 0 Å². The Hall–Kier alpha value is -1.03. The van der Waals surface area contributed by atoms with Crippen molar-refractivity contribution in [1.29, 1.82) is 0 Å². The first-order chi connectivity index (χ1) is 8.92. The first-order valence-corrected chi connectivity index (χ1v) is 7.04. The third kappa shape index (κ3) is 2.64. The van der Waals surface area contributed by atoms with E-state index in [1.54, 1.807) is 0 Å². The summed E-state index contributed by atoms with van der Waals surface area (Å²) < 4.78 is 0. The molecule has 0 fully saturated rings. The van der Waals surface area contributed by atoms with Crippen LogP contribution in [-0.4, -0.2) is 33.7 Å². The van der Waals surface area contributed by atoms with Crippen molar-refractivity contribution in [3.63, 3.8) is 0 Å². The first kappa shape index (κ1) is 13.0. The van der Waals surface area contributed by atoms with E-state index in [0.29, 0.717) is 6.54 Å². The third-order valence-electron chi connectivity index (χ3n) is 3.63. The van der Waals surface area contributed by atoms with Gasteiger partial charge < -0.3 is 10.1 Å². The van der Waals surface area contributed by atoms with Gasteiger partial charge in [-0.1, -0.05) is 11.6 Å². The summed E-state index contributed by atoms with van der Waals surface area (Å²) in [5, 5.41) is 11.9. The summed E-state index contributed by atoms with van der Waals surface area (Å²) in [7, 11) is 0. The molecule has 0 amide bonds. The standard InChI is InChI=1S/C15H19ClN2O/c1-15(2,19)9-18-6-5-14-12(8-18)11-7-10(16)3-4-13(11)17-14/h3-4,7,17,19H,5-6,8-9H2,1-2H3. The number of aromatic nitrogens is 1. The SMILES string of the molecule is CC(C)(O)CN1CCc2[nH]c3ccc(Cl)cc3c2C1. The lowest BCUT2D eigenvalue weighted by Gasteiger charge is -2.32. The maximum absolute atomic E-state index is 9.96. The Morgan fingerprint density at radius 1 is 1.42 bits per heavy atom. The molecular weight excluding hydrogens is 260 g/mol. The molecule has 102 valence electrons. The van der Waals surface area contributed by atoms with Crippen molar-refractivity contribution < 1.29 is 5.11 Å². The number of fused-ring (bicyclic) bond motifs is 3. The first-order valence-electron chi connectivity index (χ1n) is 6.66. The molecule has 3 nitrogen and oxygen atoms in total. The lowest BCUT2D eigenvalue weighted by Crippen LogP contribution is -2.41. The third-order valence-corrected chi connectivity index (χ3v) is 3.86. The largest absolute Gasteiger partial charge is 0.389 e. The van der Waals surface area contributed by atoms with Gasteiger partial charge in [-0.2, -0.15) is 0 Å². The number of benzene rings is 1. The number of β-amino-alcohol motifs (C(OH)–C–C–N with tert-alkyl or cyclic N) is 1. The normalized spacial score (nSPS) is 16.8. The summed E-state index contributed by atoms with van der Waals surface area (Å²) in [5.41, 5.74) is 3.14. The highest BCUT2D eigenvalue weighted by Gasteiger charge is 2.24. The monoisotopic (exact) mass is 278 g/mol. The highest BCUT2D eigenvalue weighted by atomic mass is 35.5. The van der Waals surface area contributed by atoms with Gasteiger partial charge in [0.25, 0.3) is 0 Å². The van der Waals surface area contributed by atoms with Crippen LogP contribution in [0.5, 0.6) is 0 Å². The number of hydrogen-bond acceptors (Lipinski definition) is 2. The summed E-state index contributed by atoms with van der Waals surface area (Å²) in [4.78, 5) is 5.78. The maximum Gasteiger partial charge on any atom is 0.0718 e. The van der Waals surface area contributed by atoms with Crippen LogP contribution in [0.2, 0.25) is 5.02 Å². The van der Waals surface area contributed by atoms with Gasteiger partial charge in [0.1, 0.15) is 0 Å². The highest BCUT2D eigenvalue weighted by Crippen LogP contribution is 2.30. The van der Waals surface area contributed by atoms with Gasteiger partial charge in [-0.25, -0.2) is 0 Å². The molecule has 2 aromatic rings. The number of H-pyrrole nitrogens is 1. The van der Waals surface area contributed by atoms with E-state index < -0.39 is 5.60 Å². The minimum Gasteiger partial charge on any atom is -0.389 e. The summed E-state index contributed by atoms with van der Waals surface area (Å²) >= 11 is 6.09. The summed E-state index contributed by atoms with van der Waals surface area (Å²) in [6.45, 7) is 6.26. The Morgan fingerprint density at radius 3 is 2.95 bits per heavy atom. The van der Waals surface area contributed by atoms with E-state index in [9.17, 15) is 5.11 Å². The number of hydrogen-bond donors (Lipinski definition) is 2. The number of nitrogens with zero attached hydrogens (tertiary/aromatic N) is 1. The molecule has 1 aromatic heterocycles. The van der Waals surface area contributed by atoms with E-state index in [4.69, 9.17) is 11.6 Å². The second-order valence-electron chi connectivity index (χ2n) is 6.05. The lowest BCUT2D eigenvalue weighted by molar-refractivity contribution is 0.0318. The van der Waals surface area contributed by atoms with Crippen LogP contribution in [0.15, 0.2) is 18.2 Å². The van der Waals surface area contributed by atoms with Crippen LogP contribution >= 0.6 is 11.6 Å². The van der Waals surface area contributed by atoms with E-state index in [0.717, 1.165) is 30.0 Å². The zero-order valence-electron chi connectivity index (χ0n) is 11.3. The minimum atomic E-state index is -0.652. The predicted molar refractivity (Wildman–Crippen MR) is 78.6 cm³/mol. The van der Waals surface area contributed by atoms with E-state index in [2.05, 4.69) is 9.88 Å². The molecule has 1 aromatic carbocycles. The van der Waals surface area contributed by atoms with Crippen molar-refractivity contribution in [1.82, 2.24) is 9.88 Å². The predicted octanol–water partition coefficient (Wildman–Crippen LogP) is 2.95. The van der Waals surface area contributed by atoms with Gasteiger partial charge in [0, 0.05) is 47.7 Å². The maximum atomic E-state index is 9.96. The second kappa shape index (κ2) is 4.51. The number of aliphatic hydroxyl groups is 1. The van der Waals surface area contributed by atoms with Crippen LogP contribution in [0, 0.1) is 0 Å². The van der Waals surface area contributed by atoms with E-state index >= 15 is 0 Å². The Morgan fingerprint density at radius 2 is 2.21 bits per heavy atom. The molecule has 0 atom stereocenters. The smallest absolute Gasteiger partial charge is 0.0718 e. The quantitative estimate of drug-likeness (QED) is 0.887. The molecule has 0 saturated heterocycles. The second-order valence-corrected chi connectivity index (χ2v) is 6.48. The van der Waals surface area contributed by atoms with Gasteiger partial charge in [0.15, 0.2) is 0 Å². The Labute approximate surface area is 118 Å². The summed E-state index contributed by atoms with van der Waals surface area (Å²) in [6.07, 6.45) is 0.998. The number of rotatable bonds is 2. The average molecular weight is 279 g/mol. The molecule has 4 heteroatoms. The van der Waals surface area contributed by atoms with Crippen molar-refractivity contribution >= 4 is 22.5 Å². The molecule has 1 aliphatic rings. The Balaban J connectivity index is 1.95. The highest BCUT2D eigenvalue weighted by molar-refractivity contribution is 6.31. The van der Waals surface area contributed by atoms with Crippen LogP contribution in [0.1, 0.15) is 25.1 Å². The zero-order chi connectivity index (χ0) is 13.6. The van der Waals surface area contributed by atoms with E-state index in [1.165, 1.54) is 16.6 Å². The van der Waals surface area contributed by atoms with Crippen LogP contribution in [0.4, 0.5) is 0 Å². The molecule has 0 aliphatic carbocycles. The summed E-state index contributed by atoms with van der Waals surface area (Å²) in [6, 6.07) is 5.98. The number of nitrogens with one attached hydrogen (secondary N) is 1. The fourth-order valence-electron chi connectivity index (χ4n) is 2.92. The van der Waals surface area contributed by atoms with Crippen molar-refractivity contribution in [2.45, 2.75) is 32.4 Å². The fraction of sp³-hybridized carbons (Fsp3) is 0.467. The van der Waals surface area contributed by atoms with Gasteiger partial charge in [0.05, 0.1) is 5.60 Å². The van der Waals surface area contributed by atoms with Crippen molar-refractivity contribution in [3.8, 4) is 0 Å². The van der Waals surface area contributed by atoms with E-state index in [1.807, 2.05) is 32.0 Å². The van der Waals surface area contributed by atoms with Crippen molar-refractivity contribution in [3.05, 3.63) is 34.5 Å². The molecule has 19 heavy (non-hydrogen) atoms. The van der Waals surface area contributed by atoms with Crippen LogP contribution in [0.25, 0.3) is 10.9 Å². The molecular formula is C15H19ClN2O. The molecule has 0 unspecified atom stereocenters. The molecule has 0 spiro atoms. The minimum absolute atomic E-state index is 0.652. The lowest BCUT2D eigenvalue weighted by atomic mass is 10.0. The summed E-state index contributed by atoms with van der Waals surface area (Å²) in [5.74, 6) is 0. The molecule has 0 bridgehead atoms. The van der Waals surface area contributed by atoms with Gasteiger partial charge in [-0.3, -0.25) is 4.90 Å². The van der Waals surface area contributed by atoms with E-state index in [-0.39, 0.29) is 0 Å². The molecule has 2 N–H and O–H groups in total. The molecule has 2 heterocycles. The zero-order valence-corrected chi connectivity index (χ0v) is 12.1. The Bertz CT molecular complexity index is 612. The number of halogens is 1. The average Bonchev–Trinajstić information content (AvgIpc) is 2.65. The molecule has 0 radical (unpaired) electrons. The van der Waals surface area contributed by atoms with Crippen LogP contribution < -0.4 is 0 Å². The topological polar surface area (TPSA) is 39.3 Å². The van der Waals surface area contributed by atoms with Crippen molar-refractivity contribution in [2.75, 3.05) is 13.1 Å². The molecule has 0 saturated carbocycles. The van der Waals surface area contributed by atoms with Gasteiger partial charge >= 0.3 is 0 Å². The molecule has 1 aliphatic heterocycles. The fourth-order valence-corrected chi connectivity index (χ4v) is 3.10. The number of aromatic amines is 1. The van der Waals surface area contributed by atoms with Gasteiger partial charge in [-0.05, 0) is 37.6 Å². The van der Waals surface area contributed by atoms with Crippen LogP contribution in [0.3, 0.4) is 0 Å². The molecule has 3 rings (SSSR count). The van der Waals surface area contributed by atoms with Gasteiger partial charge in [0.2, 0.25) is 0 Å². The van der Waals surface area contributed by atoms with Crippen LogP contribution in [-0.2, 0) is 13.0 Å². The van der Waals surface area contributed by atoms with Gasteiger partial charge in [-0.15, -0.1) is 0 Å². The Kier molecular flexibility index (Phi) is 3.08.